The number of nitrogens with zero attached hydrogens (tertiary/aromatic N) is 2. The normalized spacial score (nSPS) is 16.1. The van der Waals surface area contributed by atoms with Crippen molar-refractivity contribution in [1.82, 2.24) is 15.1 Å². The average Bonchev–Trinajstić information content (AvgIpc) is 2.48. The lowest BCUT2D eigenvalue weighted by molar-refractivity contribution is 0.0774. The third-order valence-electron chi connectivity index (χ3n) is 3.71. The minimum atomic E-state index is 0.0933. The van der Waals surface area contributed by atoms with Crippen LogP contribution >= 0.6 is 15.9 Å². The Labute approximate surface area is 129 Å². The number of nitrogens with one attached hydrogen (secondary N) is 1. The predicted molar refractivity (Wildman–Crippen MR) is 85.1 cm³/mol. The number of benzene rings is 1. The van der Waals surface area contributed by atoms with Gasteiger partial charge in [0, 0.05) is 56.4 Å². The highest BCUT2D eigenvalue weighted by Crippen LogP contribution is 2.17. The van der Waals surface area contributed by atoms with Crippen molar-refractivity contribution in [3.8, 4) is 0 Å². The Morgan fingerprint density at radius 1 is 1.40 bits per heavy atom. The predicted octanol–water partition coefficient (Wildman–Crippen LogP) is 1.73. The molecule has 0 radical (unpaired) electrons. The summed E-state index contributed by atoms with van der Waals surface area (Å²) in [6.45, 7) is 7.95. The molecule has 0 atom stereocenters. The second-order valence-corrected chi connectivity index (χ2v) is 6.14. The van der Waals surface area contributed by atoms with Crippen LogP contribution in [-0.2, 0) is 0 Å². The van der Waals surface area contributed by atoms with E-state index in [1.807, 2.05) is 37.1 Å². The van der Waals surface area contributed by atoms with Crippen LogP contribution in [0.3, 0.4) is 0 Å². The number of hydrogen-bond acceptors (Lipinski definition) is 3. The molecule has 1 N–H and O–H groups in total. The van der Waals surface area contributed by atoms with Gasteiger partial charge in [-0.3, -0.25) is 9.69 Å². The Kier molecular flexibility index (Phi) is 5.57. The second kappa shape index (κ2) is 7.20. The number of carbonyl (C=O) groups is 1. The first-order valence-corrected chi connectivity index (χ1v) is 7.82. The Balaban J connectivity index is 1.89. The molecule has 1 aromatic carbocycles. The van der Waals surface area contributed by atoms with E-state index in [1.165, 1.54) is 0 Å². The van der Waals surface area contributed by atoms with E-state index in [1.54, 1.807) is 0 Å². The maximum Gasteiger partial charge on any atom is 0.253 e. The number of likely N-dealkylation sites (N-methyl/N-ethyl adjacent to an activating group) is 1. The van der Waals surface area contributed by atoms with E-state index in [2.05, 4.69) is 26.1 Å². The lowest BCUT2D eigenvalue weighted by Crippen LogP contribution is -2.46. The van der Waals surface area contributed by atoms with Crippen molar-refractivity contribution < 1.29 is 4.79 Å². The lowest BCUT2D eigenvalue weighted by atomic mass is 10.1. The first kappa shape index (κ1) is 15.5. The molecule has 1 heterocycles. The van der Waals surface area contributed by atoms with E-state index >= 15 is 0 Å². The number of carbonyl (C=O) groups excluding carboxylic acids is 1. The second-order valence-electron chi connectivity index (χ2n) is 5.28. The topological polar surface area (TPSA) is 35.6 Å². The summed E-state index contributed by atoms with van der Waals surface area (Å²) >= 11 is 3.46. The highest BCUT2D eigenvalue weighted by Gasteiger charge is 2.15. The number of piperazine rings is 1. The molecule has 5 heteroatoms. The minimum absolute atomic E-state index is 0.0933. The van der Waals surface area contributed by atoms with Crippen LogP contribution in [0.1, 0.15) is 15.9 Å². The summed E-state index contributed by atoms with van der Waals surface area (Å²) in [4.78, 5) is 16.6. The van der Waals surface area contributed by atoms with Crippen LogP contribution < -0.4 is 5.32 Å². The van der Waals surface area contributed by atoms with E-state index in [0.29, 0.717) is 0 Å². The molecule has 1 saturated heterocycles. The molecule has 2 rings (SSSR count). The molecule has 1 aliphatic heterocycles. The number of rotatable bonds is 4. The molecule has 1 amide bonds. The van der Waals surface area contributed by atoms with Gasteiger partial charge in [0.1, 0.15) is 0 Å². The number of halogens is 1. The molecule has 4 nitrogen and oxygen atoms in total. The van der Waals surface area contributed by atoms with Gasteiger partial charge in [0.2, 0.25) is 0 Å². The molecule has 0 aliphatic carbocycles. The highest BCUT2D eigenvalue weighted by molar-refractivity contribution is 9.10. The van der Waals surface area contributed by atoms with Crippen LogP contribution in [0.15, 0.2) is 22.7 Å². The number of aryl methyl sites for hydroxylation is 1. The van der Waals surface area contributed by atoms with Gasteiger partial charge in [0.05, 0.1) is 0 Å². The van der Waals surface area contributed by atoms with Crippen LogP contribution in [0.2, 0.25) is 0 Å². The molecule has 1 aromatic rings. The fourth-order valence-corrected chi connectivity index (χ4v) is 2.57. The van der Waals surface area contributed by atoms with Crippen molar-refractivity contribution in [2.24, 2.45) is 0 Å². The van der Waals surface area contributed by atoms with Gasteiger partial charge in [0.25, 0.3) is 5.91 Å². The maximum absolute atomic E-state index is 12.4. The van der Waals surface area contributed by atoms with E-state index in [4.69, 9.17) is 0 Å². The standard InChI is InChI=1S/C15H22BrN3O/c1-12-11-13(3-4-14(12)16)15(20)18(2)9-10-19-7-5-17-6-8-19/h3-4,11,17H,5-10H2,1-2H3. The summed E-state index contributed by atoms with van der Waals surface area (Å²) in [7, 11) is 1.88. The zero-order valence-electron chi connectivity index (χ0n) is 12.2. The first-order chi connectivity index (χ1) is 9.58. The van der Waals surface area contributed by atoms with Crippen LogP contribution in [0.5, 0.6) is 0 Å². The smallest absolute Gasteiger partial charge is 0.253 e. The summed E-state index contributed by atoms with van der Waals surface area (Å²) < 4.78 is 1.04. The summed E-state index contributed by atoms with van der Waals surface area (Å²) in [5.41, 5.74) is 1.85. The molecule has 20 heavy (non-hydrogen) atoms. The molecule has 0 saturated carbocycles. The van der Waals surface area contributed by atoms with Crippen molar-refractivity contribution in [3.05, 3.63) is 33.8 Å². The van der Waals surface area contributed by atoms with Crippen LogP contribution in [0, 0.1) is 6.92 Å². The Morgan fingerprint density at radius 2 is 2.10 bits per heavy atom. The summed E-state index contributed by atoms with van der Waals surface area (Å²) in [6.07, 6.45) is 0. The van der Waals surface area contributed by atoms with Crippen LogP contribution in [0.25, 0.3) is 0 Å². The van der Waals surface area contributed by atoms with Crippen molar-refractivity contribution in [1.29, 1.82) is 0 Å². The van der Waals surface area contributed by atoms with Crippen molar-refractivity contribution >= 4 is 21.8 Å². The molecule has 1 fully saturated rings. The van der Waals surface area contributed by atoms with Gasteiger partial charge in [-0.15, -0.1) is 0 Å². The van der Waals surface area contributed by atoms with Gasteiger partial charge in [0.15, 0.2) is 0 Å². The molecule has 1 aliphatic rings. The summed E-state index contributed by atoms with van der Waals surface area (Å²) in [6, 6.07) is 5.75. The van der Waals surface area contributed by atoms with Gasteiger partial charge in [-0.2, -0.15) is 0 Å². The Morgan fingerprint density at radius 3 is 2.75 bits per heavy atom. The molecule has 0 spiro atoms. The van der Waals surface area contributed by atoms with Crippen molar-refractivity contribution in [2.75, 3.05) is 46.3 Å². The lowest BCUT2D eigenvalue weighted by Gasteiger charge is -2.29. The molecule has 110 valence electrons. The summed E-state index contributed by atoms with van der Waals surface area (Å²) in [5, 5.41) is 3.34. The number of hydrogen-bond donors (Lipinski definition) is 1. The average molecular weight is 340 g/mol. The molecule has 0 unspecified atom stereocenters. The van der Waals surface area contributed by atoms with Gasteiger partial charge < -0.3 is 10.2 Å². The third-order valence-corrected chi connectivity index (χ3v) is 4.60. The Hall–Kier alpha value is -0.910. The number of amides is 1. The fourth-order valence-electron chi connectivity index (χ4n) is 2.33. The van der Waals surface area contributed by atoms with Crippen LogP contribution in [0.4, 0.5) is 0 Å². The minimum Gasteiger partial charge on any atom is -0.340 e. The maximum atomic E-state index is 12.4. The molecular weight excluding hydrogens is 318 g/mol. The van der Waals surface area contributed by atoms with Crippen molar-refractivity contribution in [3.63, 3.8) is 0 Å². The zero-order chi connectivity index (χ0) is 14.5. The monoisotopic (exact) mass is 339 g/mol. The van der Waals surface area contributed by atoms with Crippen molar-refractivity contribution in [2.45, 2.75) is 6.92 Å². The zero-order valence-corrected chi connectivity index (χ0v) is 13.7. The van der Waals surface area contributed by atoms with Gasteiger partial charge in [-0.1, -0.05) is 15.9 Å². The molecule has 0 bridgehead atoms. The highest BCUT2D eigenvalue weighted by atomic mass is 79.9. The van der Waals surface area contributed by atoms with E-state index < -0.39 is 0 Å². The van der Waals surface area contributed by atoms with Gasteiger partial charge in [-0.05, 0) is 30.7 Å². The largest absolute Gasteiger partial charge is 0.340 e. The van der Waals surface area contributed by atoms with Crippen LogP contribution in [-0.4, -0.2) is 62.0 Å². The van der Waals surface area contributed by atoms with E-state index in [-0.39, 0.29) is 5.91 Å². The molecular formula is C15H22BrN3O. The quantitative estimate of drug-likeness (QED) is 0.907. The third kappa shape index (κ3) is 4.04. The fraction of sp³-hybridized carbons (Fsp3) is 0.533. The van der Waals surface area contributed by atoms with Gasteiger partial charge in [-0.25, -0.2) is 0 Å². The SMILES string of the molecule is Cc1cc(C(=O)N(C)CCN2CCNCC2)ccc1Br. The van der Waals surface area contributed by atoms with Gasteiger partial charge >= 0.3 is 0 Å². The first-order valence-electron chi connectivity index (χ1n) is 7.02. The van der Waals surface area contributed by atoms with E-state index in [0.717, 1.165) is 54.9 Å². The Bertz CT molecular complexity index is 472. The molecule has 0 aromatic heterocycles. The summed E-state index contributed by atoms with van der Waals surface area (Å²) in [5.74, 6) is 0.0933. The van der Waals surface area contributed by atoms with E-state index in [9.17, 15) is 4.79 Å².